The number of rotatable bonds is 4. The predicted octanol–water partition coefficient (Wildman–Crippen LogP) is 2.03. The van der Waals surface area contributed by atoms with Gasteiger partial charge in [-0.15, -0.1) is 0 Å². The summed E-state index contributed by atoms with van der Waals surface area (Å²) < 4.78 is 22.9. The van der Waals surface area contributed by atoms with Gasteiger partial charge in [0.2, 0.25) is 0 Å². The Morgan fingerprint density at radius 3 is 1.28 bits per heavy atom. The first-order chi connectivity index (χ1) is 8.68. The van der Waals surface area contributed by atoms with Crippen LogP contribution in [0.5, 0.6) is 0 Å². The first kappa shape index (κ1) is 12.9. The van der Waals surface area contributed by atoms with Crippen molar-refractivity contribution in [1.29, 1.82) is 0 Å². The quantitative estimate of drug-likeness (QED) is 0.721. The van der Waals surface area contributed by atoms with Crippen molar-refractivity contribution in [3.05, 3.63) is 0 Å². The van der Waals surface area contributed by atoms with Crippen LogP contribution in [-0.4, -0.2) is 40.0 Å². The van der Waals surface area contributed by atoms with Gasteiger partial charge < -0.3 is 18.9 Å². The van der Waals surface area contributed by atoms with Crippen LogP contribution in [0.4, 0.5) is 0 Å². The van der Waals surface area contributed by atoms with E-state index >= 15 is 0 Å². The molecule has 0 bridgehead atoms. The van der Waals surface area contributed by atoms with Crippen molar-refractivity contribution in [2.75, 3.05) is 28.4 Å². The van der Waals surface area contributed by atoms with Crippen molar-refractivity contribution >= 4 is 0 Å². The number of ether oxygens (including phenoxy) is 4. The van der Waals surface area contributed by atoms with E-state index in [9.17, 15) is 0 Å². The van der Waals surface area contributed by atoms with Gasteiger partial charge in [-0.05, 0) is 24.7 Å². The van der Waals surface area contributed by atoms with Crippen LogP contribution in [0.3, 0.4) is 0 Å². The maximum Gasteiger partial charge on any atom is 0.170 e. The predicted molar refractivity (Wildman–Crippen MR) is 65.9 cm³/mol. The molecule has 0 N–H and O–H groups in total. The Balaban J connectivity index is 1.86. The van der Waals surface area contributed by atoms with Gasteiger partial charge in [0, 0.05) is 53.1 Å². The van der Waals surface area contributed by atoms with Gasteiger partial charge in [0.05, 0.1) is 0 Å². The molecular weight excluding hydrogens is 232 g/mol. The Labute approximate surface area is 109 Å². The topological polar surface area (TPSA) is 36.9 Å². The number of hydrogen-bond acceptors (Lipinski definition) is 4. The Bertz CT molecular complexity index is 282. The Morgan fingerprint density at radius 2 is 1.00 bits per heavy atom. The van der Waals surface area contributed by atoms with Crippen LogP contribution in [-0.2, 0) is 18.9 Å². The highest BCUT2D eigenvalue weighted by Crippen LogP contribution is 2.69. The molecule has 0 aromatic carbocycles. The second-order valence-corrected chi connectivity index (χ2v) is 5.90. The van der Waals surface area contributed by atoms with Crippen LogP contribution in [0.1, 0.15) is 25.7 Å². The molecule has 0 atom stereocenters. The number of fused-ring (bicyclic) bond motifs is 4. The van der Waals surface area contributed by atoms with Crippen LogP contribution < -0.4 is 0 Å². The fourth-order valence-corrected chi connectivity index (χ4v) is 5.15. The zero-order chi connectivity index (χ0) is 13.0. The highest BCUT2D eigenvalue weighted by molar-refractivity contribution is 5.15. The molecule has 3 saturated carbocycles. The highest BCUT2D eigenvalue weighted by atomic mass is 16.7. The largest absolute Gasteiger partial charge is 0.353 e. The molecule has 4 nitrogen and oxygen atoms in total. The van der Waals surface area contributed by atoms with Crippen LogP contribution in [0.25, 0.3) is 0 Å². The minimum absolute atomic E-state index is 0.358. The lowest BCUT2D eigenvalue weighted by molar-refractivity contribution is -0.306. The van der Waals surface area contributed by atoms with E-state index in [1.165, 1.54) is 0 Å². The molecule has 0 saturated heterocycles. The average molecular weight is 256 g/mol. The summed E-state index contributed by atoms with van der Waals surface area (Å²) in [6, 6.07) is 0. The molecule has 4 heteroatoms. The molecule has 3 rings (SSSR count). The summed E-state index contributed by atoms with van der Waals surface area (Å²) in [6.45, 7) is 0. The van der Waals surface area contributed by atoms with E-state index in [0.717, 1.165) is 25.7 Å². The van der Waals surface area contributed by atoms with Crippen LogP contribution in [0.15, 0.2) is 0 Å². The van der Waals surface area contributed by atoms with Crippen molar-refractivity contribution in [1.82, 2.24) is 0 Å². The van der Waals surface area contributed by atoms with Crippen LogP contribution in [0, 0.1) is 23.7 Å². The third-order valence-electron chi connectivity index (χ3n) is 5.90. The van der Waals surface area contributed by atoms with Gasteiger partial charge >= 0.3 is 0 Å². The zero-order valence-corrected chi connectivity index (χ0v) is 11.8. The summed E-state index contributed by atoms with van der Waals surface area (Å²) >= 11 is 0. The summed E-state index contributed by atoms with van der Waals surface area (Å²) in [6.07, 6.45) is 4.29. The van der Waals surface area contributed by atoms with Gasteiger partial charge in [-0.1, -0.05) is 0 Å². The van der Waals surface area contributed by atoms with E-state index in [-0.39, 0.29) is 11.6 Å². The molecule has 0 heterocycles. The molecule has 0 radical (unpaired) electrons. The standard InChI is InChI=1S/C14H24O4/c1-15-13(16-2)7-5-9-11(13)10-6-8-14(17-3,18-4)12(9)10/h9-12H,5-8H2,1-4H3. The molecular formula is C14H24O4. The third kappa shape index (κ3) is 1.30. The lowest BCUT2D eigenvalue weighted by atomic mass is 9.57. The Hall–Kier alpha value is -0.160. The molecule has 3 fully saturated rings. The number of methoxy groups -OCH3 is 4. The molecule has 0 aliphatic heterocycles. The maximum absolute atomic E-state index is 5.72. The van der Waals surface area contributed by atoms with Crippen molar-refractivity contribution in [3.8, 4) is 0 Å². The second-order valence-electron chi connectivity index (χ2n) is 5.90. The second kappa shape index (κ2) is 4.17. The first-order valence-electron chi connectivity index (χ1n) is 6.88. The van der Waals surface area contributed by atoms with Crippen LogP contribution >= 0.6 is 0 Å². The smallest absolute Gasteiger partial charge is 0.170 e. The van der Waals surface area contributed by atoms with Crippen molar-refractivity contribution in [2.24, 2.45) is 23.7 Å². The van der Waals surface area contributed by atoms with Gasteiger partial charge in [-0.25, -0.2) is 0 Å². The van der Waals surface area contributed by atoms with Gasteiger partial charge in [-0.3, -0.25) is 0 Å². The summed E-state index contributed by atoms with van der Waals surface area (Å²) in [5, 5.41) is 0. The molecule has 0 aromatic heterocycles. The minimum Gasteiger partial charge on any atom is -0.353 e. The normalized spacial score (nSPS) is 43.3. The van der Waals surface area contributed by atoms with Gasteiger partial charge in [0.25, 0.3) is 0 Å². The summed E-state index contributed by atoms with van der Waals surface area (Å²) in [7, 11) is 7.09. The van der Waals surface area contributed by atoms with E-state index in [2.05, 4.69) is 0 Å². The first-order valence-corrected chi connectivity index (χ1v) is 6.88. The van der Waals surface area contributed by atoms with Crippen molar-refractivity contribution in [3.63, 3.8) is 0 Å². The van der Waals surface area contributed by atoms with Crippen molar-refractivity contribution in [2.45, 2.75) is 37.3 Å². The molecule has 0 aromatic rings. The Morgan fingerprint density at radius 1 is 0.667 bits per heavy atom. The molecule has 18 heavy (non-hydrogen) atoms. The average Bonchev–Trinajstić information content (AvgIpc) is 2.88. The van der Waals surface area contributed by atoms with Crippen molar-refractivity contribution < 1.29 is 18.9 Å². The van der Waals surface area contributed by atoms with Crippen LogP contribution in [0.2, 0.25) is 0 Å². The maximum atomic E-state index is 5.72. The summed E-state index contributed by atoms with van der Waals surface area (Å²) in [5.74, 6) is 1.57. The lowest BCUT2D eigenvalue weighted by Gasteiger charge is -2.54. The SMILES string of the molecule is COC1(OC)CCC2C1C1CCC(OC)(OC)C21. The molecule has 104 valence electrons. The fourth-order valence-electron chi connectivity index (χ4n) is 5.15. The van der Waals surface area contributed by atoms with E-state index < -0.39 is 0 Å². The zero-order valence-electron chi connectivity index (χ0n) is 11.8. The minimum atomic E-state index is -0.358. The number of hydrogen-bond donors (Lipinski definition) is 0. The molecule has 0 spiro atoms. The molecule has 0 amide bonds. The summed E-state index contributed by atoms with van der Waals surface area (Å²) in [4.78, 5) is 0. The van der Waals surface area contributed by atoms with E-state index in [0.29, 0.717) is 23.7 Å². The Kier molecular flexibility index (Phi) is 2.98. The summed E-state index contributed by atoms with van der Waals surface area (Å²) in [5.41, 5.74) is 0. The fraction of sp³-hybridized carbons (Fsp3) is 1.00. The van der Waals surface area contributed by atoms with Gasteiger partial charge in [-0.2, -0.15) is 0 Å². The molecule has 3 aliphatic carbocycles. The highest BCUT2D eigenvalue weighted by Gasteiger charge is 2.71. The van der Waals surface area contributed by atoms with Gasteiger partial charge in [0.15, 0.2) is 11.6 Å². The van der Waals surface area contributed by atoms with Gasteiger partial charge in [0.1, 0.15) is 0 Å². The molecule has 3 aliphatic rings. The van der Waals surface area contributed by atoms with E-state index in [1.807, 2.05) is 0 Å². The van der Waals surface area contributed by atoms with E-state index in [1.54, 1.807) is 28.4 Å². The monoisotopic (exact) mass is 256 g/mol. The third-order valence-corrected chi connectivity index (χ3v) is 5.90. The molecule has 0 unspecified atom stereocenters. The lowest BCUT2D eigenvalue weighted by Crippen LogP contribution is -2.59. The van der Waals surface area contributed by atoms with E-state index in [4.69, 9.17) is 18.9 Å².